The Labute approximate surface area is 119 Å². The lowest BCUT2D eigenvalue weighted by Gasteiger charge is -2.04. The summed E-state index contributed by atoms with van der Waals surface area (Å²) in [7, 11) is 1.42. The molecule has 0 spiro atoms. The largest absolute Gasteiger partial charge is 0.508 e. The smallest absolute Gasteiger partial charge is 0.177 e. The minimum absolute atomic E-state index is 0.142. The average Bonchev–Trinajstić information content (AvgIpc) is 2.80. The molecular formula is C15H12O6. The predicted molar refractivity (Wildman–Crippen MR) is 74.9 cm³/mol. The summed E-state index contributed by atoms with van der Waals surface area (Å²) in [5.74, 6) is -0.343. The van der Waals surface area contributed by atoms with E-state index in [-0.39, 0.29) is 40.1 Å². The van der Waals surface area contributed by atoms with E-state index in [1.165, 1.54) is 37.4 Å². The van der Waals surface area contributed by atoms with Crippen molar-refractivity contribution in [2.24, 2.45) is 0 Å². The fourth-order valence-corrected chi connectivity index (χ4v) is 2.21. The maximum absolute atomic E-state index is 9.93. The van der Waals surface area contributed by atoms with E-state index in [2.05, 4.69) is 0 Å². The van der Waals surface area contributed by atoms with Crippen LogP contribution in [-0.2, 0) is 0 Å². The normalized spacial score (nSPS) is 10.9. The van der Waals surface area contributed by atoms with E-state index in [0.717, 1.165) is 0 Å². The lowest BCUT2D eigenvalue weighted by molar-refractivity contribution is 0.403. The third-order valence-corrected chi connectivity index (χ3v) is 3.15. The standard InChI is InChI=1S/C15H12O6/c1-20-15-13-11(19)5-8(16)6-12(13)21-14(15)7-2-3-9(17)10(18)4-7/h2-6,16-19H,1H3. The lowest BCUT2D eigenvalue weighted by atomic mass is 10.1. The van der Waals surface area contributed by atoms with Gasteiger partial charge in [0.1, 0.15) is 22.5 Å². The van der Waals surface area contributed by atoms with Crippen LogP contribution in [0.4, 0.5) is 0 Å². The first-order valence-corrected chi connectivity index (χ1v) is 6.06. The topological polar surface area (TPSA) is 103 Å². The van der Waals surface area contributed by atoms with E-state index in [4.69, 9.17) is 9.15 Å². The van der Waals surface area contributed by atoms with Crippen LogP contribution in [0.2, 0.25) is 0 Å². The highest BCUT2D eigenvalue weighted by atomic mass is 16.5. The lowest BCUT2D eigenvalue weighted by Crippen LogP contribution is -1.84. The molecule has 0 fully saturated rings. The molecule has 3 aromatic rings. The van der Waals surface area contributed by atoms with Crippen LogP contribution in [0.5, 0.6) is 28.7 Å². The van der Waals surface area contributed by atoms with Crippen molar-refractivity contribution in [2.75, 3.05) is 7.11 Å². The van der Waals surface area contributed by atoms with E-state index in [9.17, 15) is 20.4 Å². The minimum atomic E-state index is -0.304. The number of rotatable bonds is 2. The van der Waals surface area contributed by atoms with Gasteiger partial charge in [0.2, 0.25) is 0 Å². The molecule has 6 nitrogen and oxygen atoms in total. The monoisotopic (exact) mass is 288 g/mol. The number of methoxy groups -OCH3 is 1. The van der Waals surface area contributed by atoms with Crippen molar-refractivity contribution in [1.82, 2.24) is 0 Å². The van der Waals surface area contributed by atoms with Crippen molar-refractivity contribution in [1.29, 1.82) is 0 Å². The number of hydrogen-bond acceptors (Lipinski definition) is 6. The summed E-state index contributed by atoms with van der Waals surface area (Å²) in [5.41, 5.74) is 0.698. The van der Waals surface area contributed by atoms with Gasteiger partial charge in [-0.3, -0.25) is 0 Å². The van der Waals surface area contributed by atoms with Crippen LogP contribution in [0.25, 0.3) is 22.3 Å². The highest BCUT2D eigenvalue weighted by Crippen LogP contribution is 2.46. The van der Waals surface area contributed by atoms with Crippen LogP contribution in [0.1, 0.15) is 0 Å². The molecule has 0 saturated heterocycles. The van der Waals surface area contributed by atoms with Gasteiger partial charge in [-0.05, 0) is 18.2 Å². The quantitative estimate of drug-likeness (QED) is 0.541. The first-order chi connectivity index (χ1) is 10.0. The Morgan fingerprint density at radius 2 is 1.67 bits per heavy atom. The molecule has 0 aliphatic rings. The van der Waals surface area contributed by atoms with Gasteiger partial charge in [0, 0.05) is 17.7 Å². The van der Waals surface area contributed by atoms with E-state index in [1.54, 1.807) is 0 Å². The minimum Gasteiger partial charge on any atom is -0.508 e. The Balaban J connectivity index is 2.32. The molecule has 4 N–H and O–H groups in total. The summed E-state index contributed by atoms with van der Waals surface area (Å²) in [6.07, 6.45) is 0. The Morgan fingerprint density at radius 1 is 0.905 bits per heavy atom. The molecule has 108 valence electrons. The van der Waals surface area contributed by atoms with Crippen LogP contribution in [0.15, 0.2) is 34.7 Å². The van der Waals surface area contributed by atoms with Gasteiger partial charge in [-0.2, -0.15) is 0 Å². The third kappa shape index (κ3) is 1.97. The molecule has 0 radical (unpaired) electrons. The van der Waals surface area contributed by atoms with Crippen molar-refractivity contribution < 1.29 is 29.6 Å². The number of fused-ring (bicyclic) bond motifs is 1. The molecule has 1 aromatic heterocycles. The number of phenolic OH excluding ortho intramolecular Hbond substituents is 4. The molecule has 21 heavy (non-hydrogen) atoms. The summed E-state index contributed by atoms with van der Waals surface area (Å²) in [4.78, 5) is 0. The van der Waals surface area contributed by atoms with Crippen LogP contribution < -0.4 is 4.74 Å². The maximum Gasteiger partial charge on any atom is 0.177 e. The number of phenols is 4. The zero-order valence-electron chi connectivity index (χ0n) is 11.0. The number of furan rings is 1. The number of aromatic hydroxyl groups is 4. The molecule has 6 heteroatoms. The Hall–Kier alpha value is -3.02. The average molecular weight is 288 g/mol. The van der Waals surface area contributed by atoms with Gasteiger partial charge in [-0.15, -0.1) is 0 Å². The van der Waals surface area contributed by atoms with Crippen molar-refractivity contribution in [3.05, 3.63) is 30.3 Å². The van der Waals surface area contributed by atoms with Crippen molar-refractivity contribution >= 4 is 11.0 Å². The Kier molecular flexibility index (Phi) is 2.79. The van der Waals surface area contributed by atoms with Gasteiger partial charge in [-0.25, -0.2) is 0 Å². The van der Waals surface area contributed by atoms with E-state index in [1.807, 2.05) is 0 Å². The SMILES string of the molecule is COc1c(-c2ccc(O)c(O)c2)oc2cc(O)cc(O)c12. The number of benzene rings is 2. The second-order valence-corrected chi connectivity index (χ2v) is 4.51. The fourth-order valence-electron chi connectivity index (χ4n) is 2.21. The van der Waals surface area contributed by atoms with Gasteiger partial charge in [0.15, 0.2) is 23.0 Å². The second kappa shape index (κ2) is 4.52. The highest BCUT2D eigenvalue weighted by molar-refractivity contribution is 5.97. The van der Waals surface area contributed by atoms with Crippen LogP contribution in [-0.4, -0.2) is 27.5 Å². The molecule has 1 heterocycles. The van der Waals surface area contributed by atoms with Gasteiger partial charge in [0.05, 0.1) is 7.11 Å². The first kappa shape index (κ1) is 13.0. The summed E-state index contributed by atoms with van der Waals surface area (Å²) in [6.45, 7) is 0. The Bertz CT molecular complexity index is 834. The zero-order valence-corrected chi connectivity index (χ0v) is 11.0. The third-order valence-electron chi connectivity index (χ3n) is 3.15. The molecular weight excluding hydrogens is 276 g/mol. The summed E-state index contributed by atoms with van der Waals surface area (Å²) >= 11 is 0. The number of ether oxygens (including phenoxy) is 1. The van der Waals surface area contributed by atoms with Crippen LogP contribution >= 0.6 is 0 Å². The molecule has 0 unspecified atom stereocenters. The fraction of sp³-hybridized carbons (Fsp3) is 0.0667. The summed E-state index contributed by atoms with van der Waals surface area (Å²) < 4.78 is 10.9. The summed E-state index contributed by atoms with van der Waals surface area (Å²) in [5, 5.41) is 38.7. The van der Waals surface area contributed by atoms with E-state index < -0.39 is 0 Å². The molecule has 0 aliphatic heterocycles. The van der Waals surface area contributed by atoms with Gasteiger partial charge < -0.3 is 29.6 Å². The number of hydrogen-bond donors (Lipinski definition) is 4. The van der Waals surface area contributed by atoms with Crippen molar-refractivity contribution in [2.45, 2.75) is 0 Å². The highest BCUT2D eigenvalue weighted by Gasteiger charge is 2.21. The van der Waals surface area contributed by atoms with Gasteiger partial charge in [-0.1, -0.05) is 0 Å². The Morgan fingerprint density at radius 3 is 2.33 bits per heavy atom. The van der Waals surface area contributed by atoms with Gasteiger partial charge in [0.25, 0.3) is 0 Å². The van der Waals surface area contributed by atoms with Crippen LogP contribution in [0, 0.1) is 0 Å². The van der Waals surface area contributed by atoms with Crippen molar-refractivity contribution in [3.8, 4) is 40.1 Å². The summed E-state index contributed by atoms with van der Waals surface area (Å²) in [6, 6.07) is 6.69. The molecule has 0 amide bonds. The van der Waals surface area contributed by atoms with Crippen LogP contribution in [0.3, 0.4) is 0 Å². The van der Waals surface area contributed by atoms with E-state index in [0.29, 0.717) is 10.9 Å². The zero-order chi connectivity index (χ0) is 15.1. The molecule has 2 aromatic carbocycles. The maximum atomic E-state index is 9.93. The molecule has 3 rings (SSSR count). The molecule has 0 atom stereocenters. The predicted octanol–water partition coefficient (Wildman–Crippen LogP) is 2.93. The van der Waals surface area contributed by atoms with Gasteiger partial charge >= 0.3 is 0 Å². The molecule has 0 bridgehead atoms. The first-order valence-electron chi connectivity index (χ1n) is 6.06. The van der Waals surface area contributed by atoms with Crippen molar-refractivity contribution in [3.63, 3.8) is 0 Å². The second-order valence-electron chi connectivity index (χ2n) is 4.51. The molecule has 0 saturated carbocycles. The molecule has 0 aliphatic carbocycles. The van der Waals surface area contributed by atoms with E-state index >= 15 is 0 Å².